The minimum absolute atomic E-state index is 0. The van der Waals surface area contributed by atoms with Crippen molar-refractivity contribution in [3.05, 3.63) is 0 Å². The van der Waals surface area contributed by atoms with Gasteiger partial charge in [-0.15, -0.1) is 0 Å². The van der Waals surface area contributed by atoms with Gasteiger partial charge in [-0.3, -0.25) is 4.79 Å². The Labute approximate surface area is 80.8 Å². The molecule has 52 valence electrons. The molecule has 0 heterocycles. The summed E-state index contributed by atoms with van der Waals surface area (Å²) in [4.78, 5) is 19.9. The second-order valence-electron chi connectivity index (χ2n) is 1.57. The van der Waals surface area contributed by atoms with Crippen LogP contribution >= 0.6 is 0 Å². The summed E-state index contributed by atoms with van der Waals surface area (Å²) in [6, 6.07) is 0. The fraction of sp³-hybridized carbons (Fsp3) is 0.600. The predicted molar refractivity (Wildman–Crippen MR) is 26.2 cm³/mol. The van der Waals surface area contributed by atoms with E-state index >= 15 is 0 Å². The maximum atomic E-state index is 10.0. The number of carbonyl (C=O) groups excluding carboxylic acids is 2. The van der Waals surface area contributed by atoms with Crippen LogP contribution < -0.4 is 34.7 Å². The summed E-state index contributed by atoms with van der Waals surface area (Å²) in [6.07, 6.45) is -1.15. The molecule has 0 aromatic carbocycles. The molecule has 1 atom stereocenters. The Kier molecular flexibility index (Phi) is 7.19. The third-order valence-electron chi connectivity index (χ3n) is 0.675. The Balaban J connectivity index is 0. The molecule has 0 saturated heterocycles. The number of esters is 1. The summed E-state index contributed by atoms with van der Waals surface area (Å²) in [5.41, 5.74) is 0. The number of carboxylic acids is 1. The van der Waals surface area contributed by atoms with Crippen LogP contribution in [0.3, 0.4) is 0 Å². The van der Waals surface area contributed by atoms with Crippen LogP contribution in [0.5, 0.6) is 0 Å². The van der Waals surface area contributed by atoms with E-state index in [1.807, 2.05) is 0 Å². The third-order valence-corrected chi connectivity index (χ3v) is 0.675. The zero-order chi connectivity index (χ0) is 7.44. The minimum atomic E-state index is -1.38. The van der Waals surface area contributed by atoms with Gasteiger partial charge in [0.25, 0.3) is 0 Å². The van der Waals surface area contributed by atoms with E-state index in [1.54, 1.807) is 0 Å². The molecule has 1 unspecified atom stereocenters. The fourth-order valence-electron chi connectivity index (χ4n) is 0.297. The van der Waals surface area contributed by atoms with Crippen LogP contribution in [0.25, 0.3) is 0 Å². The van der Waals surface area contributed by atoms with Crippen molar-refractivity contribution in [3.63, 3.8) is 0 Å². The molecule has 0 aromatic heterocycles. The topological polar surface area (TPSA) is 66.4 Å². The Morgan fingerprint density at radius 1 is 1.50 bits per heavy atom. The van der Waals surface area contributed by atoms with Crippen LogP contribution in [0.4, 0.5) is 0 Å². The third kappa shape index (κ3) is 6.07. The average molecular weight is 154 g/mol. The summed E-state index contributed by atoms with van der Waals surface area (Å²) < 4.78 is 4.21. The molecule has 0 N–H and O–H groups in total. The second kappa shape index (κ2) is 5.70. The first-order valence-electron chi connectivity index (χ1n) is 2.42. The van der Waals surface area contributed by atoms with Crippen molar-refractivity contribution in [1.82, 2.24) is 0 Å². The van der Waals surface area contributed by atoms with Gasteiger partial charge in [0.05, 0.1) is 5.97 Å². The summed E-state index contributed by atoms with van der Waals surface area (Å²) in [5, 5.41) is 9.85. The summed E-state index contributed by atoms with van der Waals surface area (Å²) in [5.74, 6) is -2.00. The van der Waals surface area contributed by atoms with E-state index in [1.165, 1.54) is 6.92 Å². The Morgan fingerprint density at radius 2 is 1.90 bits per heavy atom. The van der Waals surface area contributed by atoms with Gasteiger partial charge in [0.15, 0.2) is 0 Å². The van der Waals surface area contributed by atoms with Crippen LogP contribution in [-0.4, -0.2) is 18.0 Å². The van der Waals surface area contributed by atoms with Gasteiger partial charge in [-0.25, -0.2) is 0 Å². The van der Waals surface area contributed by atoms with E-state index in [2.05, 4.69) is 4.74 Å². The number of aliphatic carboxylic acids is 1. The van der Waals surface area contributed by atoms with Crippen molar-refractivity contribution in [3.8, 4) is 0 Å². The van der Waals surface area contributed by atoms with Crippen molar-refractivity contribution < 1.29 is 49.0 Å². The summed E-state index contributed by atoms with van der Waals surface area (Å²) in [7, 11) is 0. The standard InChI is InChI=1S/C5H8O4.Na/c1-3(5(7)8)9-4(2)6;/h3H,1-2H3,(H,7,8);/q;+1/p-1. The fourth-order valence-corrected chi connectivity index (χ4v) is 0.297. The first-order chi connectivity index (χ1) is 4.04. The largest absolute Gasteiger partial charge is 1.00 e. The van der Waals surface area contributed by atoms with Crippen molar-refractivity contribution >= 4 is 11.9 Å². The van der Waals surface area contributed by atoms with Crippen molar-refractivity contribution in [2.75, 3.05) is 0 Å². The van der Waals surface area contributed by atoms with Gasteiger partial charge in [0.1, 0.15) is 6.10 Å². The Hall–Kier alpha value is -0.0600. The maximum Gasteiger partial charge on any atom is 1.00 e. The molecular formula is C5H7NaO4. The summed E-state index contributed by atoms with van der Waals surface area (Å²) >= 11 is 0. The number of carbonyl (C=O) groups is 2. The summed E-state index contributed by atoms with van der Waals surface area (Å²) in [6.45, 7) is 2.37. The zero-order valence-electron chi connectivity index (χ0n) is 6.21. The average Bonchev–Trinajstić information content (AvgIpc) is 1.63. The number of hydrogen-bond acceptors (Lipinski definition) is 4. The second-order valence-corrected chi connectivity index (χ2v) is 1.57. The molecule has 5 heteroatoms. The smallest absolute Gasteiger partial charge is 0.546 e. The van der Waals surface area contributed by atoms with Crippen LogP contribution in [0.1, 0.15) is 13.8 Å². The van der Waals surface area contributed by atoms with Crippen LogP contribution in [0.15, 0.2) is 0 Å². The van der Waals surface area contributed by atoms with Gasteiger partial charge < -0.3 is 14.6 Å². The molecule has 4 nitrogen and oxygen atoms in total. The van der Waals surface area contributed by atoms with Crippen molar-refractivity contribution in [2.24, 2.45) is 0 Å². The van der Waals surface area contributed by atoms with Gasteiger partial charge in [0.2, 0.25) is 0 Å². The first-order valence-corrected chi connectivity index (χ1v) is 2.42. The molecule has 0 aromatic rings. The molecule has 10 heavy (non-hydrogen) atoms. The van der Waals surface area contributed by atoms with Gasteiger partial charge in [-0.2, -0.15) is 0 Å². The molecule has 0 aliphatic heterocycles. The molecule has 0 spiro atoms. The van der Waals surface area contributed by atoms with Crippen LogP contribution in [0.2, 0.25) is 0 Å². The van der Waals surface area contributed by atoms with E-state index in [-0.39, 0.29) is 29.6 Å². The van der Waals surface area contributed by atoms with E-state index in [0.29, 0.717) is 0 Å². The Bertz CT molecular complexity index is 134. The quantitative estimate of drug-likeness (QED) is 0.298. The molecule has 0 aliphatic rings. The molecule has 0 rings (SSSR count). The van der Waals surface area contributed by atoms with Crippen molar-refractivity contribution in [2.45, 2.75) is 20.0 Å². The molecule has 0 aliphatic carbocycles. The van der Waals surface area contributed by atoms with Crippen molar-refractivity contribution in [1.29, 1.82) is 0 Å². The monoisotopic (exact) mass is 154 g/mol. The molecule has 0 amide bonds. The minimum Gasteiger partial charge on any atom is -0.546 e. The number of ether oxygens (including phenoxy) is 1. The number of rotatable bonds is 2. The van der Waals surface area contributed by atoms with Gasteiger partial charge in [-0.1, -0.05) is 0 Å². The van der Waals surface area contributed by atoms with E-state index < -0.39 is 18.0 Å². The van der Waals surface area contributed by atoms with Crippen LogP contribution in [-0.2, 0) is 14.3 Å². The van der Waals surface area contributed by atoms with E-state index in [4.69, 9.17) is 0 Å². The van der Waals surface area contributed by atoms with E-state index in [0.717, 1.165) is 6.92 Å². The molecule has 0 radical (unpaired) electrons. The molecule has 0 fully saturated rings. The van der Waals surface area contributed by atoms with Gasteiger partial charge >= 0.3 is 35.5 Å². The first kappa shape index (κ1) is 12.6. The van der Waals surface area contributed by atoms with Crippen LogP contribution in [0, 0.1) is 0 Å². The predicted octanol–water partition coefficient (Wildman–Crippen LogP) is -4.31. The zero-order valence-corrected chi connectivity index (χ0v) is 8.21. The number of hydrogen-bond donors (Lipinski definition) is 0. The SMILES string of the molecule is CC(=O)OC(C)C(=O)[O-].[Na+]. The number of carboxylic acid groups (broad SMARTS) is 1. The van der Waals surface area contributed by atoms with Gasteiger partial charge in [0, 0.05) is 6.92 Å². The maximum absolute atomic E-state index is 10.0. The molecule has 0 saturated carbocycles. The normalized spacial score (nSPS) is 11.0. The molecule has 0 bridgehead atoms. The van der Waals surface area contributed by atoms with Gasteiger partial charge in [-0.05, 0) is 6.92 Å². The molecular weight excluding hydrogens is 147 g/mol. The Morgan fingerprint density at radius 3 is 2.00 bits per heavy atom. The van der Waals surface area contributed by atoms with E-state index in [9.17, 15) is 14.7 Å².